The first-order valence-electron chi connectivity index (χ1n) is 5.11. The fraction of sp³-hybridized carbons (Fsp3) is 0.0714. The highest BCUT2D eigenvalue weighted by molar-refractivity contribution is 8.93. The highest BCUT2D eigenvalue weighted by atomic mass is 79.9. The lowest BCUT2D eigenvalue weighted by atomic mass is 10.0. The van der Waals surface area contributed by atoms with E-state index in [1.807, 2.05) is 12.1 Å². The Labute approximate surface area is 111 Å². The predicted octanol–water partition coefficient (Wildman–Crippen LogP) is 3.18. The van der Waals surface area contributed by atoms with Gasteiger partial charge in [-0.2, -0.15) is 0 Å². The van der Waals surface area contributed by atoms with Gasteiger partial charge in [-0.3, -0.25) is 4.79 Å². The molecule has 2 aromatic carbocycles. The lowest BCUT2D eigenvalue weighted by Gasteiger charge is -2.09. The maximum Gasteiger partial charge on any atom is 0.195 e. The molecular weight excluding hydrogens is 280 g/mol. The summed E-state index contributed by atoms with van der Waals surface area (Å²) in [6.45, 7) is 0. The van der Waals surface area contributed by atoms with Crippen LogP contribution < -0.4 is 0 Å². The number of ketones is 1. The number of rotatable bonds is 3. The second kappa shape index (κ2) is 6.33. The topological polar surface area (TPSA) is 37.3 Å². The van der Waals surface area contributed by atoms with E-state index in [1.54, 1.807) is 48.5 Å². The van der Waals surface area contributed by atoms with Gasteiger partial charge in [-0.25, -0.2) is 0 Å². The first-order valence-corrected chi connectivity index (χ1v) is 5.11. The summed E-state index contributed by atoms with van der Waals surface area (Å²) >= 11 is 0. The fourth-order valence-corrected chi connectivity index (χ4v) is 1.55. The van der Waals surface area contributed by atoms with Gasteiger partial charge in [0.15, 0.2) is 5.78 Å². The number of hydrogen-bond donors (Lipinski definition) is 1. The van der Waals surface area contributed by atoms with E-state index in [9.17, 15) is 9.90 Å². The van der Waals surface area contributed by atoms with E-state index in [2.05, 4.69) is 0 Å². The molecular formula is C14H13BrO2. The first kappa shape index (κ1) is 13.6. The molecule has 17 heavy (non-hydrogen) atoms. The molecule has 0 fully saturated rings. The maximum absolute atomic E-state index is 11.9. The molecule has 0 spiro atoms. The minimum Gasteiger partial charge on any atom is -0.380 e. The van der Waals surface area contributed by atoms with E-state index in [-0.39, 0.29) is 22.8 Å². The van der Waals surface area contributed by atoms with Gasteiger partial charge in [0.2, 0.25) is 0 Å². The minimum atomic E-state index is -1.08. The molecule has 1 N–H and O–H groups in total. The van der Waals surface area contributed by atoms with E-state index in [0.29, 0.717) is 11.1 Å². The quantitative estimate of drug-likeness (QED) is 0.882. The highest BCUT2D eigenvalue weighted by Gasteiger charge is 2.18. The van der Waals surface area contributed by atoms with Gasteiger partial charge in [0.25, 0.3) is 0 Å². The zero-order chi connectivity index (χ0) is 11.4. The van der Waals surface area contributed by atoms with E-state index in [1.165, 1.54) is 0 Å². The van der Waals surface area contributed by atoms with E-state index >= 15 is 0 Å². The Hall–Kier alpha value is -1.45. The van der Waals surface area contributed by atoms with E-state index < -0.39 is 6.10 Å². The standard InChI is InChI=1S/C14H12O2.BrH/c15-13(11-7-3-1-4-8-11)14(16)12-9-5-2-6-10-12;/h1-10,13,15H;1H. The van der Waals surface area contributed by atoms with Crippen LogP contribution in [0.15, 0.2) is 60.7 Å². The lowest BCUT2D eigenvalue weighted by molar-refractivity contribution is 0.0747. The summed E-state index contributed by atoms with van der Waals surface area (Å²) in [6, 6.07) is 17.7. The Morgan fingerprint density at radius 2 is 1.35 bits per heavy atom. The number of Topliss-reactive ketones (excluding diaryl/α,β-unsaturated/α-hetero) is 1. The molecule has 0 heterocycles. The first-order chi connectivity index (χ1) is 7.79. The molecule has 2 nitrogen and oxygen atoms in total. The predicted molar refractivity (Wildman–Crippen MR) is 72.5 cm³/mol. The van der Waals surface area contributed by atoms with Crippen molar-refractivity contribution < 1.29 is 9.90 Å². The molecule has 0 aliphatic rings. The summed E-state index contributed by atoms with van der Waals surface area (Å²) in [5.74, 6) is -0.271. The van der Waals surface area contributed by atoms with Crippen molar-refractivity contribution >= 4 is 22.8 Å². The molecule has 1 unspecified atom stereocenters. The van der Waals surface area contributed by atoms with Crippen LogP contribution in [-0.4, -0.2) is 10.9 Å². The summed E-state index contributed by atoms with van der Waals surface area (Å²) in [6.07, 6.45) is -1.08. The van der Waals surface area contributed by atoms with Crippen molar-refractivity contribution in [2.45, 2.75) is 6.10 Å². The van der Waals surface area contributed by atoms with Gasteiger partial charge in [0.05, 0.1) is 0 Å². The summed E-state index contributed by atoms with van der Waals surface area (Å²) < 4.78 is 0. The average molecular weight is 293 g/mol. The monoisotopic (exact) mass is 292 g/mol. The van der Waals surface area contributed by atoms with Crippen LogP contribution in [0, 0.1) is 0 Å². The number of hydrogen-bond acceptors (Lipinski definition) is 2. The van der Waals surface area contributed by atoms with Gasteiger partial charge < -0.3 is 5.11 Å². The molecule has 0 saturated carbocycles. The van der Waals surface area contributed by atoms with Crippen molar-refractivity contribution in [3.8, 4) is 0 Å². The van der Waals surface area contributed by atoms with Crippen LogP contribution in [0.2, 0.25) is 0 Å². The van der Waals surface area contributed by atoms with Crippen LogP contribution in [-0.2, 0) is 0 Å². The zero-order valence-electron chi connectivity index (χ0n) is 9.11. The molecule has 88 valence electrons. The van der Waals surface area contributed by atoms with Gasteiger partial charge in [-0.15, -0.1) is 17.0 Å². The number of halogens is 1. The van der Waals surface area contributed by atoms with Gasteiger partial charge in [0.1, 0.15) is 6.10 Å². The number of carbonyl (C=O) groups is 1. The fourth-order valence-electron chi connectivity index (χ4n) is 1.55. The van der Waals surface area contributed by atoms with Gasteiger partial charge >= 0.3 is 0 Å². The second-order valence-electron chi connectivity index (χ2n) is 3.54. The van der Waals surface area contributed by atoms with E-state index in [0.717, 1.165) is 0 Å². The Balaban J connectivity index is 0.00000144. The van der Waals surface area contributed by atoms with Crippen LogP contribution in [0.5, 0.6) is 0 Å². The summed E-state index contributed by atoms with van der Waals surface area (Å²) in [5, 5.41) is 9.89. The third kappa shape index (κ3) is 3.25. The molecule has 0 aliphatic heterocycles. The molecule has 3 heteroatoms. The zero-order valence-corrected chi connectivity index (χ0v) is 10.8. The SMILES string of the molecule is Br.O=C(c1ccccc1)C(O)c1ccccc1. The van der Waals surface area contributed by atoms with Crippen molar-refractivity contribution in [1.82, 2.24) is 0 Å². The average Bonchev–Trinajstić information content (AvgIpc) is 2.39. The van der Waals surface area contributed by atoms with Crippen LogP contribution in [0.1, 0.15) is 22.0 Å². The molecule has 0 bridgehead atoms. The second-order valence-corrected chi connectivity index (χ2v) is 3.54. The molecule has 0 amide bonds. The van der Waals surface area contributed by atoms with Crippen molar-refractivity contribution in [2.24, 2.45) is 0 Å². The van der Waals surface area contributed by atoms with E-state index in [4.69, 9.17) is 0 Å². The summed E-state index contributed by atoms with van der Waals surface area (Å²) in [7, 11) is 0. The van der Waals surface area contributed by atoms with Gasteiger partial charge in [0, 0.05) is 5.56 Å². The Kier molecular flexibility index (Phi) is 5.07. The van der Waals surface area contributed by atoms with Gasteiger partial charge in [-0.05, 0) is 5.56 Å². The summed E-state index contributed by atoms with van der Waals surface area (Å²) in [4.78, 5) is 11.9. The van der Waals surface area contributed by atoms with Crippen LogP contribution in [0.25, 0.3) is 0 Å². The Morgan fingerprint density at radius 1 is 0.882 bits per heavy atom. The number of benzene rings is 2. The Bertz CT molecular complexity index is 468. The third-order valence-electron chi connectivity index (χ3n) is 2.42. The molecule has 2 aromatic rings. The number of aliphatic hydroxyl groups excluding tert-OH is 1. The largest absolute Gasteiger partial charge is 0.380 e. The highest BCUT2D eigenvalue weighted by Crippen LogP contribution is 2.17. The maximum atomic E-state index is 11.9. The van der Waals surface area contributed by atoms with Crippen LogP contribution >= 0.6 is 17.0 Å². The summed E-state index contributed by atoms with van der Waals surface area (Å²) in [5.41, 5.74) is 1.15. The molecule has 0 radical (unpaired) electrons. The smallest absolute Gasteiger partial charge is 0.195 e. The normalized spacial score (nSPS) is 11.4. The molecule has 0 aromatic heterocycles. The molecule has 1 atom stereocenters. The van der Waals surface area contributed by atoms with Crippen molar-refractivity contribution in [3.05, 3.63) is 71.8 Å². The van der Waals surface area contributed by atoms with Crippen molar-refractivity contribution in [2.75, 3.05) is 0 Å². The molecule has 2 rings (SSSR count). The number of carbonyl (C=O) groups excluding carboxylic acids is 1. The Morgan fingerprint density at radius 3 is 1.88 bits per heavy atom. The van der Waals surface area contributed by atoms with Crippen LogP contribution in [0.4, 0.5) is 0 Å². The van der Waals surface area contributed by atoms with Crippen LogP contribution in [0.3, 0.4) is 0 Å². The van der Waals surface area contributed by atoms with Crippen molar-refractivity contribution in [3.63, 3.8) is 0 Å². The van der Waals surface area contributed by atoms with Gasteiger partial charge in [-0.1, -0.05) is 60.7 Å². The van der Waals surface area contributed by atoms with Crippen molar-refractivity contribution in [1.29, 1.82) is 0 Å². The molecule has 0 saturated heterocycles. The third-order valence-corrected chi connectivity index (χ3v) is 2.42. The lowest BCUT2D eigenvalue weighted by Crippen LogP contribution is -2.11. The minimum absolute atomic E-state index is 0. The molecule has 0 aliphatic carbocycles. The number of aliphatic hydroxyl groups is 1.